The summed E-state index contributed by atoms with van der Waals surface area (Å²) in [6.45, 7) is 4.18. The Balaban J connectivity index is 2.32. The van der Waals surface area contributed by atoms with Crippen molar-refractivity contribution in [3.05, 3.63) is 77.5 Å². The minimum absolute atomic E-state index is 0.00503. The van der Waals surface area contributed by atoms with Crippen molar-refractivity contribution in [2.75, 3.05) is 0 Å². The van der Waals surface area contributed by atoms with E-state index in [9.17, 15) is 5.11 Å². The van der Waals surface area contributed by atoms with Gasteiger partial charge in [0.15, 0.2) is 0 Å². The molecule has 0 aliphatic heterocycles. The van der Waals surface area contributed by atoms with Crippen molar-refractivity contribution in [1.82, 2.24) is 4.98 Å². The van der Waals surface area contributed by atoms with E-state index in [1.54, 1.807) is 6.20 Å². The molecule has 2 heteroatoms. The number of aryl methyl sites for hydroxylation is 2. The second kappa shape index (κ2) is 6.12. The Hall–Kier alpha value is -2.45. The van der Waals surface area contributed by atoms with Gasteiger partial charge in [0, 0.05) is 17.3 Å². The van der Waals surface area contributed by atoms with Crippen LogP contribution in [0.25, 0.3) is 22.4 Å². The van der Waals surface area contributed by atoms with E-state index in [2.05, 4.69) is 49.2 Å². The maximum atomic E-state index is 9.78. The van der Waals surface area contributed by atoms with E-state index in [-0.39, 0.29) is 6.61 Å². The van der Waals surface area contributed by atoms with Gasteiger partial charge in [0.1, 0.15) is 0 Å². The molecule has 1 heterocycles. The first kappa shape index (κ1) is 14.5. The number of hydrogen-bond acceptors (Lipinski definition) is 2. The number of rotatable bonds is 3. The van der Waals surface area contributed by atoms with E-state index in [0.717, 1.165) is 27.9 Å². The van der Waals surface area contributed by atoms with Gasteiger partial charge in [-0.3, -0.25) is 4.98 Å². The first-order chi connectivity index (χ1) is 10.7. The minimum atomic E-state index is 0.00503. The van der Waals surface area contributed by atoms with Crippen LogP contribution in [0.3, 0.4) is 0 Å². The van der Waals surface area contributed by atoms with Crippen molar-refractivity contribution in [2.24, 2.45) is 0 Å². The lowest BCUT2D eigenvalue weighted by molar-refractivity contribution is 0.282. The van der Waals surface area contributed by atoms with Crippen molar-refractivity contribution in [2.45, 2.75) is 20.5 Å². The number of hydrogen-bond donors (Lipinski definition) is 1. The summed E-state index contributed by atoms with van der Waals surface area (Å²) in [4.78, 5) is 4.59. The molecule has 22 heavy (non-hydrogen) atoms. The van der Waals surface area contributed by atoms with Crippen LogP contribution >= 0.6 is 0 Å². The van der Waals surface area contributed by atoms with Gasteiger partial charge in [-0.05, 0) is 36.6 Å². The number of benzene rings is 2. The molecule has 0 aliphatic rings. The fraction of sp³-hybridized carbons (Fsp3) is 0.150. The topological polar surface area (TPSA) is 33.1 Å². The fourth-order valence-corrected chi connectivity index (χ4v) is 2.75. The van der Waals surface area contributed by atoms with Crippen LogP contribution in [0.2, 0.25) is 0 Å². The molecule has 110 valence electrons. The van der Waals surface area contributed by atoms with Crippen molar-refractivity contribution in [3.63, 3.8) is 0 Å². The van der Waals surface area contributed by atoms with Crippen LogP contribution in [0.15, 0.2) is 60.8 Å². The van der Waals surface area contributed by atoms with E-state index < -0.39 is 0 Å². The van der Waals surface area contributed by atoms with E-state index in [4.69, 9.17) is 0 Å². The molecule has 0 radical (unpaired) electrons. The Bertz CT molecular complexity index is 794. The van der Waals surface area contributed by atoms with Crippen LogP contribution in [-0.4, -0.2) is 10.1 Å². The molecular formula is C20H19NO. The second-order valence-corrected chi connectivity index (χ2v) is 5.54. The molecule has 0 fully saturated rings. The standard InChI is InChI=1S/C20H19NO/c1-14-8-9-15(2)18(12-14)19-17(13-22)10-11-21-20(19)16-6-4-3-5-7-16/h3-12,22H,13H2,1-2H3. The van der Waals surface area contributed by atoms with E-state index in [1.807, 2.05) is 24.3 Å². The lowest BCUT2D eigenvalue weighted by Gasteiger charge is -2.16. The Labute approximate surface area is 131 Å². The number of aliphatic hydroxyl groups excluding tert-OH is 1. The molecule has 0 saturated heterocycles. The van der Waals surface area contributed by atoms with Crippen LogP contribution in [0, 0.1) is 13.8 Å². The van der Waals surface area contributed by atoms with E-state index in [0.29, 0.717) is 0 Å². The molecule has 0 bridgehead atoms. The lowest BCUT2D eigenvalue weighted by atomic mass is 9.91. The molecular weight excluding hydrogens is 270 g/mol. The Kier molecular flexibility index (Phi) is 4.03. The van der Waals surface area contributed by atoms with Crippen LogP contribution < -0.4 is 0 Å². The largest absolute Gasteiger partial charge is 0.392 e. The average molecular weight is 289 g/mol. The predicted octanol–water partition coefficient (Wildman–Crippen LogP) is 4.52. The maximum absolute atomic E-state index is 9.78. The maximum Gasteiger partial charge on any atom is 0.0784 e. The van der Waals surface area contributed by atoms with Gasteiger partial charge in [0.25, 0.3) is 0 Å². The molecule has 2 nitrogen and oxygen atoms in total. The van der Waals surface area contributed by atoms with Crippen molar-refractivity contribution >= 4 is 0 Å². The monoisotopic (exact) mass is 289 g/mol. The molecule has 0 unspecified atom stereocenters. The van der Waals surface area contributed by atoms with Crippen LogP contribution in [0.1, 0.15) is 16.7 Å². The molecule has 0 aliphatic carbocycles. The zero-order valence-corrected chi connectivity index (χ0v) is 12.9. The summed E-state index contributed by atoms with van der Waals surface area (Å²) in [6.07, 6.45) is 1.77. The van der Waals surface area contributed by atoms with Gasteiger partial charge < -0.3 is 5.11 Å². The molecule has 0 spiro atoms. The highest BCUT2D eigenvalue weighted by Gasteiger charge is 2.15. The third-order valence-corrected chi connectivity index (χ3v) is 3.92. The first-order valence-electron chi connectivity index (χ1n) is 7.42. The zero-order chi connectivity index (χ0) is 15.5. The third-order valence-electron chi connectivity index (χ3n) is 3.92. The number of aliphatic hydroxyl groups is 1. The summed E-state index contributed by atoms with van der Waals surface area (Å²) < 4.78 is 0. The number of nitrogens with zero attached hydrogens (tertiary/aromatic N) is 1. The summed E-state index contributed by atoms with van der Waals surface area (Å²) in [6, 6.07) is 18.4. The van der Waals surface area contributed by atoms with Gasteiger partial charge in [0.2, 0.25) is 0 Å². The summed E-state index contributed by atoms with van der Waals surface area (Å²) >= 11 is 0. The average Bonchev–Trinajstić information content (AvgIpc) is 2.57. The smallest absolute Gasteiger partial charge is 0.0784 e. The minimum Gasteiger partial charge on any atom is -0.392 e. The molecule has 0 saturated carbocycles. The summed E-state index contributed by atoms with van der Waals surface area (Å²) in [5, 5.41) is 9.78. The van der Waals surface area contributed by atoms with Gasteiger partial charge in [-0.25, -0.2) is 0 Å². The molecule has 3 aromatic rings. The molecule has 3 rings (SSSR count). The Morgan fingerprint density at radius 3 is 2.45 bits per heavy atom. The normalized spacial score (nSPS) is 10.7. The van der Waals surface area contributed by atoms with E-state index >= 15 is 0 Å². The van der Waals surface area contributed by atoms with Crippen LogP contribution in [-0.2, 0) is 6.61 Å². The van der Waals surface area contributed by atoms with Gasteiger partial charge in [-0.15, -0.1) is 0 Å². The van der Waals surface area contributed by atoms with E-state index in [1.165, 1.54) is 11.1 Å². The Morgan fingerprint density at radius 2 is 1.73 bits per heavy atom. The van der Waals surface area contributed by atoms with Gasteiger partial charge in [-0.2, -0.15) is 0 Å². The van der Waals surface area contributed by atoms with Gasteiger partial charge >= 0.3 is 0 Å². The lowest BCUT2D eigenvalue weighted by Crippen LogP contribution is -1.98. The van der Waals surface area contributed by atoms with Crippen molar-refractivity contribution in [1.29, 1.82) is 0 Å². The quantitative estimate of drug-likeness (QED) is 0.768. The Morgan fingerprint density at radius 1 is 0.955 bits per heavy atom. The summed E-state index contributed by atoms with van der Waals surface area (Å²) in [7, 11) is 0. The molecule has 2 aromatic carbocycles. The van der Waals surface area contributed by atoms with Crippen LogP contribution in [0.4, 0.5) is 0 Å². The van der Waals surface area contributed by atoms with Gasteiger partial charge in [-0.1, -0.05) is 54.1 Å². The highest BCUT2D eigenvalue weighted by Crippen LogP contribution is 2.35. The number of aromatic nitrogens is 1. The molecule has 0 atom stereocenters. The van der Waals surface area contributed by atoms with Crippen LogP contribution in [0.5, 0.6) is 0 Å². The molecule has 1 aromatic heterocycles. The van der Waals surface area contributed by atoms with Crippen molar-refractivity contribution in [3.8, 4) is 22.4 Å². The third kappa shape index (κ3) is 2.66. The fourth-order valence-electron chi connectivity index (χ4n) is 2.75. The van der Waals surface area contributed by atoms with Gasteiger partial charge in [0.05, 0.1) is 12.3 Å². The van der Waals surface area contributed by atoms with Crippen molar-refractivity contribution < 1.29 is 5.11 Å². The second-order valence-electron chi connectivity index (χ2n) is 5.54. The first-order valence-corrected chi connectivity index (χ1v) is 7.42. The summed E-state index contributed by atoms with van der Waals surface area (Å²) in [5.74, 6) is 0. The SMILES string of the molecule is Cc1ccc(C)c(-c2c(CO)ccnc2-c2ccccc2)c1. The highest BCUT2D eigenvalue weighted by atomic mass is 16.3. The molecule has 0 amide bonds. The highest BCUT2D eigenvalue weighted by molar-refractivity contribution is 5.84. The zero-order valence-electron chi connectivity index (χ0n) is 12.9. The molecule has 1 N–H and O–H groups in total. The predicted molar refractivity (Wildman–Crippen MR) is 90.5 cm³/mol. The summed E-state index contributed by atoms with van der Waals surface area (Å²) in [5.41, 5.74) is 7.43. The number of pyridine rings is 1.